The van der Waals surface area contributed by atoms with Crippen molar-refractivity contribution in [1.29, 1.82) is 0 Å². The Hall–Kier alpha value is -1.67. The first kappa shape index (κ1) is 16.8. The SMILES string of the molecule is O=C(Cn1nc2n(c1=O)CCCCC2)N1CCCCC1C1OCCO1. The Kier molecular flexibility index (Phi) is 4.89. The molecule has 0 radical (unpaired) electrons. The molecule has 1 aromatic heterocycles. The third kappa shape index (κ3) is 3.37. The number of likely N-dealkylation sites (tertiary alicyclic amines) is 1. The molecule has 25 heavy (non-hydrogen) atoms. The first-order valence-electron chi connectivity index (χ1n) is 9.43. The number of rotatable bonds is 3. The van der Waals surface area contributed by atoms with Gasteiger partial charge in [-0.1, -0.05) is 6.42 Å². The van der Waals surface area contributed by atoms with Crippen molar-refractivity contribution >= 4 is 5.91 Å². The molecular formula is C17H26N4O4. The molecule has 0 aliphatic carbocycles. The van der Waals surface area contributed by atoms with Crippen LogP contribution < -0.4 is 5.69 Å². The molecule has 1 unspecified atom stereocenters. The van der Waals surface area contributed by atoms with Crippen LogP contribution in [-0.4, -0.2) is 57.2 Å². The predicted molar refractivity (Wildman–Crippen MR) is 89.1 cm³/mol. The number of fused-ring (bicyclic) bond motifs is 1. The number of carbonyl (C=O) groups excluding carboxylic acids is 1. The molecular weight excluding hydrogens is 324 g/mol. The first-order valence-corrected chi connectivity index (χ1v) is 9.43. The van der Waals surface area contributed by atoms with Gasteiger partial charge in [-0.3, -0.25) is 9.36 Å². The lowest BCUT2D eigenvalue weighted by Crippen LogP contribution is -2.51. The Labute approximate surface area is 146 Å². The molecule has 4 rings (SSSR count). The predicted octanol–water partition coefficient (Wildman–Crippen LogP) is 0.525. The Morgan fingerprint density at radius 3 is 2.72 bits per heavy atom. The Balaban J connectivity index is 1.50. The third-order valence-electron chi connectivity index (χ3n) is 5.40. The van der Waals surface area contributed by atoms with Gasteiger partial charge in [0.1, 0.15) is 12.4 Å². The second-order valence-electron chi connectivity index (χ2n) is 7.08. The van der Waals surface area contributed by atoms with Crippen LogP contribution in [0.2, 0.25) is 0 Å². The largest absolute Gasteiger partial charge is 0.348 e. The molecule has 2 saturated heterocycles. The van der Waals surface area contributed by atoms with E-state index in [0.29, 0.717) is 26.3 Å². The van der Waals surface area contributed by atoms with Gasteiger partial charge < -0.3 is 14.4 Å². The van der Waals surface area contributed by atoms with Crippen LogP contribution in [0.5, 0.6) is 0 Å². The monoisotopic (exact) mass is 350 g/mol. The maximum absolute atomic E-state index is 12.9. The van der Waals surface area contributed by atoms with Crippen LogP contribution in [0.15, 0.2) is 4.79 Å². The summed E-state index contributed by atoms with van der Waals surface area (Å²) in [6, 6.07) is -0.0557. The first-order chi connectivity index (χ1) is 12.2. The van der Waals surface area contributed by atoms with Gasteiger partial charge in [-0.15, -0.1) is 0 Å². The van der Waals surface area contributed by atoms with Gasteiger partial charge in [0.15, 0.2) is 6.29 Å². The normalized spacial score (nSPS) is 25.0. The summed E-state index contributed by atoms with van der Waals surface area (Å²) in [5.74, 6) is 0.743. The topological polar surface area (TPSA) is 78.6 Å². The van der Waals surface area contributed by atoms with Crippen LogP contribution in [-0.2, 0) is 33.8 Å². The molecule has 8 nitrogen and oxygen atoms in total. The fourth-order valence-corrected chi connectivity index (χ4v) is 4.10. The molecule has 2 fully saturated rings. The van der Waals surface area contributed by atoms with E-state index in [9.17, 15) is 9.59 Å². The van der Waals surface area contributed by atoms with Gasteiger partial charge in [0.05, 0.1) is 19.3 Å². The van der Waals surface area contributed by atoms with E-state index in [-0.39, 0.29) is 30.5 Å². The number of amides is 1. The van der Waals surface area contributed by atoms with E-state index in [2.05, 4.69) is 5.10 Å². The number of hydrogen-bond donors (Lipinski definition) is 0. The van der Waals surface area contributed by atoms with Crippen LogP contribution in [0.3, 0.4) is 0 Å². The smallest absolute Gasteiger partial charge is 0.346 e. The number of aromatic nitrogens is 3. The third-order valence-corrected chi connectivity index (χ3v) is 5.40. The zero-order valence-electron chi connectivity index (χ0n) is 14.6. The summed E-state index contributed by atoms with van der Waals surface area (Å²) < 4.78 is 14.3. The minimum absolute atomic E-state index is 0.00204. The highest BCUT2D eigenvalue weighted by Gasteiger charge is 2.36. The van der Waals surface area contributed by atoms with E-state index in [1.807, 2.05) is 4.90 Å². The van der Waals surface area contributed by atoms with E-state index in [4.69, 9.17) is 9.47 Å². The Morgan fingerprint density at radius 2 is 1.88 bits per heavy atom. The minimum atomic E-state index is -0.334. The van der Waals surface area contributed by atoms with Crippen LogP contribution >= 0.6 is 0 Å². The lowest BCUT2D eigenvalue weighted by atomic mass is 10.0. The van der Waals surface area contributed by atoms with Crippen molar-refractivity contribution in [1.82, 2.24) is 19.2 Å². The van der Waals surface area contributed by atoms with Crippen molar-refractivity contribution in [3.63, 3.8) is 0 Å². The van der Waals surface area contributed by atoms with Crippen molar-refractivity contribution in [2.75, 3.05) is 19.8 Å². The van der Waals surface area contributed by atoms with Crippen molar-refractivity contribution in [2.24, 2.45) is 0 Å². The summed E-state index contributed by atoms with van der Waals surface area (Å²) in [4.78, 5) is 27.3. The molecule has 4 heterocycles. The number of carbonyl (C=O) groups is 1. The van der Waals surface area contributed by atoms with E-state index in [1.165, 1.54) is 4.68 Å². The van der Waals surface area contributed by atoms with Crippen LogP contribution in [0.25, 0.3) is 0 Å². The number of ether oxygens (including phenoxy) is 2. The summed E-state index contributed by atoms with van der Waals surface area (Å²) in [5.41, 5.74) is -0.160. The van der Waals surface area contributed by atoms with Crippen molar-refractivity contribution in [2.45, 2.75) is 70.4 Å². The zero-order valence-corrected chi connectivity index (χ0v) is 14.6. The van der Waals surface area contributed by atoms with E-state index in [0.717, 1.165) is 50.8 Å². The molecule has 0 aromatic carbocycles. The number of aryl methyl sites for hydroxylation is 1. The summed E-state index contributed by atoms with van der Waals surface area (Å²) >= 11 is 0. The van der Waals surface area contributed by atoms with Crippen molar-refractivity contribution in [3.8, 4) is 0 Å². The average Bonchev–Trinajstić information content (AvgIpc) is 3.19. The number of hydrogen-bond acceptors (Lipinski definition) is 5. The molecule has 0 N–H and O–H groups in total. The maximum atomic E-state index is 12.9. The van der Waals surface area contributed by atoms with Gasteiger partial charge in [0.2, 0.25) is 5.91 Å². The lowest BCUT2D eigenvalue weighted by Gasteiger charge is -2.37. The summed E-state index contributed by atoms with van der Waals surface area (Å²) in [6.45, 7) is 2.56. The van der Waals surface area contributed by atoms with Crippen LogP contribution in [0.1, 0.15) is 44.3 Å². The van der Waals surface area contributed by atoms with Gasteiger partial charge in [0.25, 0.3) is 0 Å². The lowest BCUT2D eigenvalue weighted by molar-refractivity contribution is -0.151. The minimum Gasteiger partial charge on any atom is -0.348 e. The average molecular weight is 350 g/mol. The Bertz CT molecular complexity index is 677. The summed E-state index contributed by atoms with van der Waals surface area (Å²) in [5, 5.41) is 4.42. The van der Waals surface area contributed by atoms with Crippen LogP contribution in [0, 0.1) is 0 Å². The molecule has 0 spiro atoms. The molecule has 3 aliphatic rings. The van der Waals surface area contributed by atoms with Gasteiger partial charge in [-0.05, 0) is 32.1 Å². The van der Waals surface area contributed by atoms with Gasteiger partial charge in [0, 0.05) is 19.5 Å². The molecule has 3 aliphatic heterocycles. The van der Waals surface area contributed by atoms with Crippen molar-refractivity contribution < 1.29 is 14.3 Å². The van der Waals surface area contributed by atoms with E-state index < -0.39 is 0 Å². The molecule has 0 saturated carbocycles. The fraction of sp³-hybridized carbons (Fsp3) is 0.824. The highest BCUT2D eigenvalue weighted by atomic mass is 16.7. The zero-order chi connectivity index (χ0) is 17.2. The standard InChI is InChI=1S/C17H26N4O4/c22-15(19-8-5-3-6-13(19)16-24-10-11-25-16)12-21-17(23)20-9-4-1-2-7-14(20)18-21/h13,16H,1-12H2. The summed E-state index contributed by atoms with van der Waals surface area (Å²) in [7, 11) is 0. The fourth-order valence-electron chi connectivity index (χ4n) is 4.10. The number of piperidine rings is 1. The maximum Gasteiger partial charge on any atom is 0.346 e. The highest BCUT2D eigenvalue weighted by molar-refractivity contribution is 5.76. The molecule has 1 atom stereocenters. The molecule has 8 heteroatoms. The quantitative estimate of drug-likeness (QED) is 0.794. The molecule has 1 amide bonds. The highest BCUT2D eigenvalue weighted by Crippen LogP contribution is 2.24. The molecule has 138 valence electrons. The van der Waals surface area contributed by atoms with Gasteiger partial charge >= 0.3 is 5.69 Å². The molecule has 0 bridgehead atoms. The van der Waals surface area contributed by atoms with E-state index >= 15 is 0 Å². The van der Waals surface area contributed by atoms with E-state index in [1.54, 1.807) is 4.57 Å². The Morgan fingerprint density at radius 1 is 1.08 bits per heavy atom. The molecule has 1 aromatic rings. The van der Waals surface area contributed by atoms with Gasteiger partial charge in [-0.2, -0.15) is 5.10 Å². The van der Waals surface area contributed by atoms with Crippen LogP contribution in [0.4, 0.5) is 0 Å². The number of nitrogens with zero attached hydrogens (tertiary/aromatic N) is 4. The second kappa shape index (κ2) is 7.29. The van der Waals surface area contributed by atoms with Gasteiger partial charge in [-0.25, -0.2) is 9.48 Å². The van der Waals surface area contributed by atoms with Crippen molar-refractivity contribution in [3.05, 3.63) is 16.3 Å². The second-order valence-corrected chi connectivity index (χ2v) is 7.08. The summed E-state index contributed by atoms with van der Waals surface area (Å²) in [6.07, 6.45) is 6.57.